The van der Waals surface area contributed by atoms with E-state index < -0.39 is 17.9 Å². The van der Waals surface area contributed by atoms with E-state index in [1.165, 1.54) is 0 Å². The minimum Gasteiger partial charge on any atom is -0.480 e. The minimum atomic E-state index is -1.01. The van der Waals surface area contributed by atoms with Gasteiger partial charge >= 0.3 is 5.97 Å². The predicted molar refractivity (Wildman–Crippen MR) is 69.3 cm³/mol. The van der Waals surface area contributed by atoms with E-state index in [1.807, 2.05) is 6.92 Å². The summed E-state index contributed by atoms with van der Waals surface area (Å²) in [6.07, 6.45) is 2.09. The van der Waals surface area contributed by atoms with Crippen molar-refractivity contribution in [3.05, 3.63) is 29.8 Å². The molecule has 0 aliphatic rings. The van der Waals surface area contributed by atoms with Crippen molar-refractivity contribution in [1.29, 1.82) is 0 Å². The number of anilines is 1. The highest BCUT2D eigenvalue weighted by atomic mass is 16.4. The summed E-state index contributed by atoms with van der Waals surface area (Å²) >= 11 is 0. The molecule has 0 heterocycles. The van der Waals surface area contributed by atoms with Gasteiger partial charge in [0.1, 0.15) is 6.04 Å². The lowest BCUT2D eigenvalue weighted by Crippen LogP contribution is -2.40. The molecule has 0 aromatic heterocycles. The second-order valence-corrected chi connectivity index (χ2v) is 4.13. The molecule has 5 heteroatoms. The number of nitrogen functional groups attached to an aromatic ring is 1. The minimum absolute atomic E-state index is 0.390. The fourth-order valence-corrected chi connectivity index (χ4v) is 1.54. The summed E-state index contributed by atoms with van der Waals surface area (Å²) in [5.41, 5.74) is 6.49. The van der Waals surface area contributed by atoms with Gasteiger partial charge in [0.15, 0.2) is 0 Å². The highest BCUT2D eigenvalue weighted by Crippen LogP contribution is 2.07. The zero-order valence-corrected chi connectivity index (χ0v) is 10.3. The van der Waals surface area contributed by atoms with Crippen LogP contribution in [0, 0.1) is 0 Å². The number of rotatable bonds is 6. The molecule has 4 N–H and O–H groups in total. The lowest BCUT2D eigenvalue weighted by molar-refractivity contribution is -0.139. The third-order valence-corrected chi connectivity index (χ3v) is 2.62. The van der Waals surface area contributed by atoms with Crippen LogP contribution in [0.5, 0.6) is 0 Å². The van der Waals surface area contributed by atoms with E-state index in [-0.39, 0.29) is 0 Å². The summed E-state index contributed by atoms with van der Waals surface area (Å²) in [5.74, 6) is -1.40. The maximum Gasteiger partial charge on any atom is 0.326 e. The maximum atomic E-state index is 11.8. The van der Waals surface area contributed by atoms with Gasteiger partial charge in [0.05, 0.1) is 0 Å². The van der Waals surface area contributed by atoms with Crippen LogP contribution in [-0.4, -0.2) is 23.0 Å². The Morgan fingerprint density at radius 3 is 2.44 bits per heavy atom. The fraction of sp³-hybridized carbons (Fsp3) is 0.385. The molecule has 1 atom stereocenters. The molecule has 0 aliphatic carbocycles. The largest absolute Gasteiger partial charge is 0.480 e. The molecule has 1 aromatic rings. The highest BCUT2D eigenvalue weighted by molar-refractivity contribution is 5.96. The van der Waals surface area contributed by atoms with Crippen molar-refractivity contribution in [2.75, 3.05) is 5.73 Å². The zero-order chi connectivity index (χ0) is 13.5. The molecule has 0 fully saturated rings. The fourth-order valence-electron chi connectivity index (χ4n) is 1.54. The molecule has 1 unspecified atom stereocenters. The van der Waals surface area contributed by atoms with E-state index in [1.54, 1.807) is 24.3 Å². The van der Waals surface area contributed by atoms with Crippen LogP contribution in [0.4, 0.5) is 5.69 Å². The van der Waals surface area contributed by atoms with Gasteiger partial charge in [0.2, 0.25) is 0 Å². The lowest BCUT2D eigenvalue weighted by atomic mass is 10.1. The van der Waals surface area contributed by atoms with E-state index >= 15 is 0 Å². The van der Waals surface area contributed by atoms with Gasteiger partial charge in [0, 0.05) is 11.3 Å². The SMILES string of the molecule is CCCCC(NC(=O)c1ccc(N)cc1)C(=O)O. The number of hydrogen-bond donors (Lipinski definition) is 3. The van der Waals surface area contributed by atoms with Gasteiger partial charge in [-0.05, 0) is 30.7 Å². The summed E-state index contributed by atoms with van der Waals surface area (Å²) in [4.78, 5) is 22.8. The third kappa shape index (κ3) is 4.08. The number of carboxylic acids is 1. The molecule has 0 bridgehead atoms. The molecule has 0 radical (unpaired) electrons. The van der Waals surface area contributed by atoms with Gasteiger partial charge in [0.25, 0.3) is 5.91 Å². The average molecular weight is 250 g/mol. The number of nitrogens with two attached hydrogens (primary N) is 1. The zero-order valence-electron chi connectivity index (χ0n) is 10.3. The van der Waals surface area contributed by atoms with Crippen LogP contribution in [-0.2, 0) is 4.79 Å². The smallest absolute Gasteiger partial charge is 0.326 e. The summed E-state index contributed by atoms with van der Waals surface area (Å²) < 4.78 is 0. The number of aliphatic carboxylic acids is 1. The number of benzene rings is 1. The standard InChI is InChI=1S/C13H18N2O3/c1-2-3-4-11(13(17)18)15-12(16)9-5-7-10(14)8-6-9/h5-8,11H,2-4,14H2,1H3,(H,15,16)(H,17,18). The van der Waals surface area contributed by atoms with E-state index in [2.05, 4.69) is 5.32 Å². The number of nitrogens with one attached hydrogen (secondary N) is 1. The first-order chi connectivity index (χ1) is 8.54. The van der Waals surface area contributed by atoms with Gasteiger partial charge in [-0.3, -0.25) is 4.79 Å². The quantitative estimate of drug-likeness (QED) is 0.669. The molecular weight excluding hydrogens is 232 g/mol. The Morgan fingerprint density at radius 1 is 1.33 bits per heavy atom. The number of carbonyl (C=O) groups is 2. The summed E-state index contributed by atoms with van der Waals surface area (Å²) in [5, 5.41) is 11.5. The second kappa shape index (κ2) is 6.64. The topological polar surface area (TPSA) is 92.4 Å². The van der Waals surface area contributed by atoms with Crippen LogP contribution >= 0.6 is 0 Å². The van der Waals surface area contributed by atoms with Crippen molar-refractivity contribution in [3.8, 4) is 0 Å². The summed E-state index contributed by atoms with van der Waals surface area (Å²) in [7, 11) is 0. The van der Waals surface area contributed by atoms with Crippen LogP contribution < -0.4 is 11.1 Å². The molecule has 0 saturated carbocycles. The van der Waals surface area contributed by atoms with E-state index in [4.69, 9.17) is 10.8 Å². The first-order valence-corrected chi connectivity index (χ1v) is 5.93. The van der Waals surface area contributed by atoms with Gasteiger partial charge in [-0.25, -0.2) is 4.79 Å². The second-order valence-electron chi connectivity index (χ2n) is 4.13. The van der Waals surface area contributed by atoms with Crippen molar-refractivity contribution in [2.24, 2.45) is 0 Å². The van der Waals surface area contributed by atoms with Crippen LogP contribution in [0.25, 0.3) is 0 Å². The lowest BCUT2D eigenvalue weighted by Gasteiger charge is -2.14. The molecule has 98 valence electrons. The maximum absolute atomic E-state index is 11.8. The molecule has 18 heavy (non-hydrogen) atoms. The van der Waals surface area contributed by atoms with Crippen LogP contribution in [0.15, 0.2) is 24.3 Å². The third-order valence-electron chi connectivity index (χ3n) is 2.62. The van der Waals surface area contributed by atoms with Crippen molar-refractivity contribution in [3.63, 3.8) is 0 Å². The Balaban J connectivity index is 2.66. The number of hydrogen-bond acceptors (Lipinski definition) is 3. The van der Waals surface area contributed by atoms with Crippen molar-refractivity contribution in [2.45, 2.75) is 32.2 Å². The summed E-state index contributed by atoms with van der Waals surface area (Å²) in [6.45, 7) is 1.97. The molecule has 0 saturated heterocycles. The van der Waals surface area contributed by atoms with Crippen LogP contribution in [0.2, 0.25) is 0 Å². The Kier molecular flexibility index (Phi) is 5.17. The molecule has 1 amide bonds. The molecule has 1 aromatic carbocycles. The predicted octanol–water partition coefficient (Wildman–Crippen LogP) is 1.64. The van der Waals surface area contributed by atoms with Gasteiger partial charge in [-0.2, -0.15) is 0 Å². The highest BCUT2D eigenvalue weighted by Gasteiger charge is 2.19. The monoisotopic (exact) mass is 250 g/mol. The van der Waals surface area contributed by atoms with E-state index in [0.29, 0.717) is 17.7 Å². The Bertz CT molecular complexity index is 415. The van der Waals surface area contributed by atoms with Crippen molar-refractivity contribution < 1.29 is 14.7 Å². The summed E-state index contributed by atoms with van der Waals surface area (Å²) in [6, 6.07) is 5.52. The van der Waals surface area contributed by atoms with Gasteiger partial charge in [-0.1, -0.05) is 19.8 Å². The molecule has 0 aliphatic heterocycles. The molecule has 5 nitrogen and oxygen atoms in total. The van der Waals surface area contributed by atoms with Crippen molar-refractivity contribution >= 4 is 17.6 Å². The first-order valence-electron chi connectivity index (χ1n) is 5.93. The Morgan fingerprint density at radius 2 is 1.94 bits per heavy atom. The first kappa shape index (κ1) is 14.0. The van der Waals surface area contributed by atoms with Crippen molar-refractivity contribution in [1.82, 2.24) is 5.32 Å². The number of carboxylic acid groups (broad SMARTS) is 1. The number of unbranched alkanes of at least 4 members (excludes halogenated alkanes) is 1. The Hall–Kier alpha value is -2.04. The normalized spacial score (nSPS) is 11.8. The van der Waals surface area contributed by atoms with Gasteiger partial charge < -0.3 is 16.2 Å². The van der Waals surface area contributed by atoms with Crippen LogP contribution in [0.1, 0.15) is 36.5 Å². The number of carbonyl (C=O) groups excluding carboxylic acids is 1. The molecule has 1 rings (SSSR count). The van der Waals surface area contributed by atoms with Crippen LogP contribution in [0.3, 0.4) is 0 Å². The van der Waals surface area contributed by atoms with Gasteiger partial charge in [-0.15, -0.1) is 0 Å². The molecule has 0 spiro atoms. The average Bonchev–Trinajstić information content (AvgIpc) is 2.34. The van der Waals surface area contributed by atoms with E-state index in [9.17, 15) is 9.59 Å². The molecular formula is C13H18N2O3. The number of amides is 1. The Labute approximate surface area is 106 Å². The van der Waals surface area contributed by atoms with E-state index in [0.717, 1.165) is 12.8 Å².